The van der Waals surface area contributed by atoms with Crippen molar-refractivity contribution in [3.63, 3.8) is 0 Å². The Bertz CT molecular complexity index is 1170. The summed E-state index contributed by atoms with van der Waals surface area (Å²) in [6, 6.07) is 22.1. The molecule has 0 fully saturated rings. The van der Waals surface area contributed by atoms with Crippen molar-refractivity contribution < 1.29 is 9.50 Å². The predicted octanol–water partition coefficient (Wildman–Crippen LogP) is 8.91. The van der Waals surface area contributed by atoms with Crippen LogP contribution in [-0.2, 0) is 25.8 Å². The zero-order valence-electron chi connectivity index (χ0n) is 21.8. The van der Waals surface area contributed by atoms with E-state index < -0.39 is 0 Å². The van der Waals surface area contributed by atoms with Gasteiger partial charge in [-0.1, -0.05) is 94.2 Å². The molecule has 3 aromatic carbocycles. The third-order valence-electron chi connectivity index (χ3n) is 5.79. The summed E-state index contributed by atoms with van der Waals surface area (Å²) in [5, 5.41) is 9.59. The van der Waals surface area contributed by atoms with Crippen LogP contribution in [0.2, 0.25) is 5.02 Å². The molecule has 1 N–H and O–H groups in total. The van der Waals surface area contributed by atoms with Crippen LogP contribution < -0.4 is 0 Å². The molecule has 0 atom stereocenters. The molecule has 0 bridgehead atoms. The van der Waals surface area contributed by atoms with Gasteiger partial charge in [0.25, 0.3) is 0 Å². The monoisotopic (exact) mass is 508 g/mol. The minimum atomic E-state index is -0.212. The van der Waals surface area contributed by atoms with Crippen molar-refractivity contribution in [2.24, 2.45) is 0 Å². The van der Waals surface area contributed by atoms with Gasteiger partial charge in [-0.2, -0.15) is 0 Å². The van der Waals surface area contributed by atoms with Crippen LogP contribution in [-0.4, -0.2) is 14.7 Å². The molecule has 192 valence electrons. The molecule has 0 radical (unpaired) electrons. The lowest BCUT2D eigenvalue weighted by atomic mass is 10.2. The number of phenols is 1. The maximum atomic E-state index is 13.3. The predicted molar refractivity (Wildman–Crippen MR) is 150 cm³/mol. The number of nitrogens with zero attached hydrogens (tertiary/aromatic N) is 2. The molecule has 0 spiro atoms. The van der Waals surface area contributed by atoms with Gasteiger partial charge in [-0.15, -0.1) is 0 Å². The number of aromatic nitrogens is 2. The molecule has 0 aliphatic rings. The molecule has 36 heavy (non-hydrogen) atoms. The summed E-state index contributed by atoms with van der Waals surface area (Å²) >= 11 is 5.77. The van der Waals surface area contributed by atoms with Crippen molar-refractivity contribution in [1.82, 2.24) is 9.55 Å². The molecule has 0 unspecified atom stereocenters. The van der Waals surface area contributed by atoms with Crippen LogP contribution in [0.1, 0.15) is 57.4 Å². The minimum Gasteiger partial charge on any atom is -0.508 e. The average Bonchev–Trinajstić information content (AvgIpc) is 3.31. The quantitative estimate of drug-likeness (QED) is 0.270. The summed E-state index contributed by atoms with van der Waals surface area (Å²) in [6.45, 7) is 9.43. The topological polar surface area (TPSA) is 38.0 Å². The van der Waals surface area contributed by atoms with Gasteiger partial charge < -0.3 is 9.67 Å². The van der Waals surface area contributed by atoms with E-state index >= 15 is 0 Å². The first-order chi connectivity index (χ1) is 17.4. The molecule has 0 saturated heterocycles. The van der Waals surface area contributed by atoms with Gasteiger partial charge >= 0.3 is 0 Å². The number of hydrogen-bond donors (Lipinski definition) is 1. The molecular formula is C31H38ClFN2O. The smallest absolute Gasteiger partial charge is 0.140 e. The maximum absolute atomic E-state index is 13.3. The summed E-state index contributed by atoms with van der Waals surface area (Å²) in [5.74, 6) is 0.887. The van der Waals surface area contributed by atoms with Gasteiger partial charge in [0.1, 0.15) is 17.4 Å². The zero-order valence-corrected chi connectivity index (χ0v) is 22.6. The number of aromatic hydroxyl groups is 1. The van der Waals surface area contributed by atoms with Crippen molar-refractivity contribution in [3.8, 4) is 17.1 Å². The van der Waals surface area contributed by atoms with E-state index in [1.54, 1.807) is 24.3 Å². The Labute approximate surface area is 220 Å². The fourth-order valence-electron chi connectivity index (χ4n) is 3.65. The molecule has 3 nitrogen and oxygen atoms in total. The number of unbranched alkanes of at least 4 members (excludes halogenated alkanes) is 1. The Morgan fingerprint density at radius 1 is 0.861 bits per heavy atom. The summed E-state index contributed by atoms with van der Waals surface area (Å²) in [6.07, 6.45) is 7.15. The molecule has 4 rings (SSSR count). The molecule has 1 heterocycles. The number of benzene rings is 3. The lowest BCUT2D eigenvalue weighted by molar-refractivity contribution is 0.475. The van der Waals surface area contributed by atoms with E-state index in [1.807, 2.05) is 31.3 Å². The summed E-state index contributed by atoms with van der Waals surface area (Å²) in [7, 11) is 0. The molecule has 0 aliphatic carbocycles. The Morgan fingerprint density at radius 3 is 2.17 bits per heavy atom. The molecule has 0 amide bonds. The normalized spacial score (nSPS) is 10.2. The van der Waals surface area contributed by atoms with E-state index in [1.165, 1.54) is 17.3 Å². The van der Waals surface area contributed by atoms with E-state index in [4.69, 9.17) is 16.7 Å². The molecule has 1 aromatic heterocycles. The van der Waals surface area contributed by atoms with Crippen molar-refractivity contribution in [2.75, 3.05) is 0 Å². The molecule has 5 heteroatoms. The highest BCUT2D eigenvalue weighted by atomic mass is 35.5. The fourth-order valence-corrected chi connectivity index (χ4v) is 3.96. The number of halogens is 2. The average molecular weight is 509 g/mol. The van der Waals surface area contributed by atoms with Gasteiger partial charge in [0.05, 0.1) is 0 Å². The SMILES string of the molecule is CCCCn1c(CC)cnc1-c1cccc(F)c1.CCc1ccc(O)cc1Cl.CCc1ccccc1. The van der Waals surface area contributed by atoms with Crippen LogP contribution in [0.3, 0.4) is 0 Å². The summed E-state index contributed by atoms with van der Waals surface area (Å²) < 4.78 is 15.5. The molecule has 4 aromatic rings. The van der Waals surface area contributed by atoms with Crippen LogP contribution in [0.5, 0.6) is 5.75 Å². The van der Waals surface area contributed by atoms with E-state index in [2.05, 4.69) is 54.6 Å². The van der Waals surface area contributed by atoms with Gasteiger partial charge in [-0.25, -0.2) is 9.37 Å². The van der Waals surface area contributed by atoms with Crippen molar-refractivity contribution in [1.29, 1.82) is 0 Å². The molecular weight excluding hydrogens is 471 g/mol. The second-order valence-electron chi connectivity index (χ2n) is 8.41. The van der Waals surface area contributed by atoms with Crippen LogP contribution in [0.25, 0.3) is 11.4 Å². The van der Waals surface area contributed by atoms with Crippen molar-refractivity contribution in [2.45, 2.75) is 66.3 Å². The van der Waals surface area contributed by atoms with Crippen LogP contribution in [0, 0.1) is 5.82 Å². The van der Waals surface area contributed by atoms with Gasteiger partial charge in [0.2, 0.25) is 0 Å². The number of phenolic OH excluding ortho intramolecular Hbond substituents is 1. The molecule has 0 aliphatic heterocycles. The van der Waals surface area contributed by atoms with Gasteiger partial charge in [-0.3, -0.25) is 0 Å². The highest BCUT2D eigenvalue weighted by Gasteiger charge is 2.10. The summed E-state index contributed by atoms with van der Waals surface area (Å²) in [4.78, 5) is 4.45. The number of aryl methyl sites for hydroxylation is 3. The van der Waals surface area contributed by atoms with Crippen LogP contribution in [0.15, 0.2) is 79.0 Å². The third kappa shape index (κ3) is 9.16. The van der Waals surface area contributed by atoms with Gasteiger partial charge in [0.15, 0.2) is 0 Å². The number of imidazole rings is 1. The Hall–Kier alpha value is -3.11. The highest BCUT2D eigenvalue weighted by Crippen LogP contribution is 2.22. The highest BCUT2D eigenvalue weighted by molar-refractivity contribution is 6.31. The fraction of sp³-hybridized carbons (Fsp3) is 0.323. The van der Waals surface area contributed by atoms with Crippen molar-refractivity contribution in [3.05, 3.63) is 107 Å². The maximum Gasteiger partial charge on any atom is 0.140 e. The third-order valence-corrected chi connectivity index (χ3v) is 6.14. The van der Waals surface area contributed by atoms with Crippen molar-refractivity contribution >= 4 is 11.6 Å². The Balaban J connectivity index is 0.000000213. The largest absolute Gasteiger partial charge is 0.508 e. The lowest BCUT2D eigenvalue weighted by Crippen LogP contribution is -2.04. The Morgan fingerprint density at radius 2 is 1.61 bits per heavy atom. The van der Waals surface area contributed by atoms with E-state index in [-0.39, 0.29) is 11.6 Å². The number of rotatable bonds is 7. The first-order valence-corrected chi connectivity index (χ1v) is 13.1. The first-order valence-electron chi connectivity index (χ1n) is 12.7. The van der Waals surface area contributed by atoms with Crippen LogP contribution in [0.4, 0.5) is 4.39 Å². The van der Waals surface area contributed by atoms with Crippen LogP contribution >= 0.6 is 11.6 Å². The van der Waals surface area contributed by atoms with E-state index in [0.29, 0.717) is 5.02 Å². The minimum absolute atomic E-state index is 0.212. The van der Waals surface area contributed by atoms with E-state index in [0.717, 1.165) is 55.6 Å². The Kier molecular flexibility index (Phi) is 12.8. The van der Waals surface area contributed by atoms with E-state index in [9.17, 15) is 4.39 Å². The second kappa shape index (κ2) is 15.8. The second-order valence-corrected chi connectivity index (χ2v) is 8.82. The standard InChI is InChI=1S/C15H19FN2.C8H9ClO.C8H10/c1-3-5-9-18-14(4-2)11-17-15(18)12-7-6-8-13(16)10-12;1-2-6-3-4-7(10)5-8(6)9;1-2-8-6-4-3-5-7-8/h6-8,10-11H,3-5,9H2,1-2H3;3-5,10H,2H2,1H3;3-7H,2H2,1H3. The lowest BCUT2D eigenvalue weighted by Gasteiger charge is -2.10. The first kappa shape index (κ1) is 29.1. The zero-order chi connectivity index (χ0) is 26.3. The summed E-state index contributed by atoms with van der Waals surface area (Å²) in [5.41, 5.74) is 4.54. The van der Waals surface area contributed by atoms with Gasteiger partial charge in [0, 0.05) is 29.0 Å². The number of hydrogen-bond acceptors (Lipinski definition) is 2. The van der Waals surface area contributed by atoms with Gasteiger partial charge in [-0.05, 0) is 61.1 Å². The molecule has 0 saturated carbocycles.